The molecular weight excluding hydrogens is 641 g/mol. The summed E-state index contributed by atoms with van der Waals surface area (Å²) in [6, 6.07) is 18.7. The summed E-state index contributed by atoms with van der Waals surface area (Å²) in [6.45, 7) is 4.60. The third-order valence-electron chi connectivity index (χ3n) is 7.08. The van der Waals surface area contributed by atoms with E-state index in [1.54, 1.807) is 12.1 Å². The molecule has 1 aliphatic rings. The Hall–Kier alpha value is -3.91. The lowest BCUT2D eigenvalue weighted by atomic mass is 10.0. The lowest BCUT2D eigenvalue weighted by Crippen LogP contribution is -2.34. The number of ether oxygens (including phenoxy) is 1. The normalized spacial score (nSPS) is 15.3. The summed E-state index contributed by atoms with van der Waals surface area (Å²) in [5, 5.41) is 19.0. The summed E-state index contributed by atoms with van der Waals surface area (Å²) < 4.78 is 42.7. The first-order valence-electron chi connectivity index (χ1n) is 14.6. The maximum Gasteiger partial charge on any atom is 0.573 e. The Bertz CT molecular complexity index is 1700. The zero-order valence-electron chi connectivity index (χ0n) is 25.0. The van der Waals surface area contributed by atoms with Gasteiger partial charge in [-0.25, -0.2) is 14.7 Å². The van der Waals surface area contributed by atoms with E-state index in [0.29, 0.717) is 33.9 Å². The molecule has 0 radical (unpaired) electrons. The first-order valence-corrected chi connectivity index (χ1v) is 15.9. The minimum Gasteiger partial charge on any atom is -0.406 e. The van der Waals surface area contributed by atoms with Crippen molar-refractivity contribution in [1.29, 1.82) is 0 Å². The highest BCUT2D eigenvalue weighted by atomic mass is 35.5. The van der Waals surface area contributed by atoms with Gasteiger partial charge in [0.1, 0.15) is 12.1 Å². The summed E-state index contributed by atoms with van der Waals surface area (Å²) >= 11 is 7.52. The number of carbonyl (C=O) groups is 1. The van der Waals surface area contributed by atoms with Gasteiger partial charge in [-0.3, -0.25) is 15.0 Å². The largest absolute Gasteiger partial charge is 0.573 e. The number of carbonyl (C=O) groups excluding carboxylic acids is 1. The number of nitrogens with one attached hydrogen (secondary N) is 1. The van der Waals surface area contributed by atoms with Crippen LogP contribution >= 0.6 is 23.4 Å². The number of hydrogen-bond donors (Lipinski definition) is 2. The van der Waals surface area contributed by atoms with E-state index in [2.05, 4.69) is 25.1 Å². The molecule has 1 atom stereocenters. The Morgan fingerprint density at radius 1 is 1.11 bits per heavy atom. The second kappa shape index (κ2) is 14.7. The van der Waals surface area contributed by atoms with Gasteiger partial charge in [-0.15, -0.1) is 18.3 Å². The summed E-state index contributed by atoms with van der Waals surface area (Å²) in [4.78, 5) is 23.0. The van der Waals surface area contributed by atoms with Crippen molar-refractivity contribution in [3.05, 3.63) is 89.2 Å². The Morgan fingerprint density at radius 2 is 1.89 bits per heavy atom. The molecule has 46 heavy (non-hydrogen) atoms. The van der Waals surface area contributed by atoms with Gasteiger partial charge in [-0.2, -0.15) is 0 Å². The number of benzene rings is 3. The molecule has 2 N–H and O–H groups in total. The third-order valence-corrected chi connectivity index (χ3v) is 8.26. The van der Waals surface area contributed by atoms with Gasteiger partial charge < -0.3 is 9.84 Å². The molecule has 2 heterocycles. The Balaban J connectivity index is 1.12. The number of aliphatic hydroxyl groups excluding tert-OH is 1. The van der Waals surface area contributed by atoms with Crippen molar-refractivity contribution < 1.29 is 27.8 Å². The molecule has 0 bridgehead atoms. The predicted octanol–water partition coefficient (Wildman–Crippen LogP) is 6.93. The molecular formula is C32H32ClF3N6O3S. The topological polar surface area (TPSA) is 105 Å². The number of aromatic nitrogens is 3. The van der Waals surface area contributed by atoms with Gasteiger partial charge in [0.05, 0.1) is 17.1 Å². The fraction of sp³-hybridized carbons (Fsp3) is 0.312. The van der Waals surface area contributed by atoms with E-state index in [-0.39, 0.29) is 23.3 Å². The standard InChI is InChI=1S/C32H32ClF3N6O3S/c1-20(2)26-14-9-23(33)17-27(26)42-28(43)18-46-31(42)39-30(44)37-15-4-3-6-21-7-5-8-22(16-21)29-38-19-41(40-29)24-10-12-25(13-11-24)45-32(34,35)36/h5,7-14,16-17,19-20,30,37,44H,3-4,6,15,18H2,1-2H3/b39-31-. The number of halogens is 4. The van der Waals surface area contributed by atoms with Crippen molar-refractivity contribution in [3.63, 3.8) is 0 Å². The van der Waals surface area contributed by atoms with Gasteiger partial charge in [0.2, 0.25) is 12.3 Å². The van der Waals surface area contributed by atoms with Crippen molar-refractivity contribution in [3.8, 4) is 22.8 Å². The maximum atomic E-state index is 12.8. The number of aliphatic imine (C=N–C) groups is 1. The fourth-order valence-electron chi connectivity index (χ4n) is 4.91. The highest BCUT2D eigenvalue weighted by molar-refractivity contribution is 8.15. The molecule has 1 fully saturated rings. The average Bonchev–Trinajstić information content (AvgIpc) is 3.63. The minimum absolute atomic E-state index is 0.113. The molecule has 1 aromatic heterocycles. The lowest BCUT2D eigenvalue weighted by molar-refractivity contribution is -0.274. The van der Waals surface area contributed by atoms with Gasteiger partial charge in [0.15, 0.2) is 11.0 Å². The van der Waals surface area contributed by atoms with Crippen molar-refractivity contribution in [2.24, 2.45) is 4.99 Å². The molecule has 0 saturated carbocycles. The molecule has 0 spiro atoms. The van der Waals surface area contributed by atoms with Crippen molar-refractivity contribution >= 4 is 40.1 Å². The molecule has 14 heteroatoms. The van der Waals surface area contributed by atoms with Crippen LogP contribution in [0.2, 0.25) is 5.02 Å². The fourth-order valence-corrected chi connectivity index (χ4v) is 5.97. The highest BCUT2D eigenvalue weighted by Gasteiger charge is 2.33. The van der Waals surface area contributed by atoms with E-state index >= 15 is 0 Å². The molecule has 3 aromatic carbocycles. The van der Waals surface area contributed by atoms with Crippen LogP contribution in [0.15, 0.2) is 78.0 Å². The predicted molar refractivity (Wildman–Crippen MR) is 173 cm³/mol. The molecule has 1 aliphatic heterocycles. The second-order valence-corrected chi connectivity index (χ2v) is 12.2. The SMILES string of the molecule is CC(C)c1ccc(Cl)cc1N1C(=O)CS/C1=N\C(O)NCCCCc1cccc(-c2ncn(-c3ccc(OC(F)(F)F)cc3)n2)c1. The van der Waals surface area contributed by atoms with E-state index in [9.17, 15) is 23.1 Å². The van der Waals surface area contributed by atoms with E-state index < -0.39 is 12.7 Å². The lowest BCUT2D eigenvalue weighted by Gasteiger charge is -2.22. The third kappa shape index (κ3) is 8.66. The molecule has 1 amide bonds. The van der Waals surface area contributed by atoms with Crippen LogP contribution < -0.4 is 15.0 Å². The number of aryl methyl sites for hydroxylation is 1. The van der Waals surface area contributed by atoms with E-state index in [0.717, 1.165) is 36.0 Å². The summed E-state index contributed by atoms with van der Waals surface area (Å²) in [5.74, 6) is 0.459. The number of aliphatic hydroxyl groups is 1. The number of anilines is 1. The smallest absolute Gasteiger partial charge is 0.406 e. The van der Waals surface area contributed by atoms with E-state index in [1.807, 2.05) is 44.2 Å². The van der Waals surface area contributed by atoms with E-state index in [4.69, 9.17) is 11.6 Å². The van der Waals surface area contributed by atoms with Gasteiger partial charge in [0.25, 0.3) is 0 Å². The first-order chi connectivity index (χ1) is 22.0. The van der Waals surface area contributed by atoms with Crippen LogP contribution in [0.5, 0.6) is 5.75 Å². The van der Waals surface area contributed by atoms with Gasteiger partial charge >= 0.3 is 6.36 Å². The Kier molecular flexibility index (Phi) is 10.7. The van der Waals surface area contributed by atoms with E-state index in [1.165, 1.54) is 51.9 Å². The van der Waals surface area contributed by atoms with Crippen LogP contribution in [-0.2, 0) is 11.2 Å². The summed E-state index contributed by atoms with van der Waals surface area (Å²) in [6.07, 6.45) is -2.03. The monoisotopic (exact) mass is 672 g/mol. The number of rotatable bonds is 12. The summed E-state index contributed by atoms with van der Waals surface area (Å²) in [5.41, 5.74) is 4.09. The Morgan fingerprint density at radius 3 is 2.63 bits per heavy atom. The average molecular weight is 673 g/mol. The zero-order chi connectivity index (χ0) is 32.8. The number of hydrogen-bond acceptors (Lipinski definition) is 8. The van der Waals surface area contributed by atoms with Crippen LogP contribution in [0.4, 0.5) is 18.9 Å². The molecule has 1 unspecified atom stereocenters. The number of thioether (sulfide) groups is 1. The number of amidine groups is 1. The maximum absolute atomic E-state index is 12.8. The molecule has 5 rings (SSSR count). The van der Waals surface area contributed by atoms with Crippen LogP contribution in [0.3, 0.4) is 0 Å². The zero-order valence-corrected chi connectivity index (χ0v) is 26.6. The van der Waals surface area contributed by atoms with Crippen LogP contribution in [-0.4, -0.2) is 56.0 Å². The summed E-state index contributed by atoms with van der Waals surface area (Å²) in [7, 11) is 0. The molecule has 9 nitrogen and oxygen atoms in total. The second-order valence-electron chi connectivity index (χ2n) is 10.8. The number of nitrogens with zero attached hydrogens (tertiary/aromatic N) is 5. The number of amides is 1. The van der Waals surface area contributed by atoms with Crippen molar-refractivity contribution in [2.45, 2.75) is 51.7 Å². The van der Waals surface area contributed by atoms with Gasteiger partial charge in [0, 0.05) is 10.6 Å². The number of unbranched alkanes of at least 4 members (excludes halogenated alkanes) is 1. The van der Waals surface area contributed by atoms with Gasteiger partial charge in [-0.05, 0) is 85.3 Å². The van der Waals surface area contributed by atoms with Crippen LogP contribution in [0, 0.1) is 0 Å². The Labute approximate surface area is 273 Å². The molecule has 242 valence electrons. The molecule has 0 aliphatic carbocycles. The van der Waals surface area contributed by atoms with Gasteiger partial charge in [-0.1, -0.05) is 61.5 Å². The van der Waals surface area contributed by atoms with Crippen LogP contribution in [0.1, 0.15) is 43.7 Å². The molecule has 1 saturated heterocycles. The number of alkyl halides is 3. The quantitative estimate of drug-likeness (QED) is 0.124. The highest BCUT2D eigenvalue weighted by Crippen LogP contribution is 2.35. The van der Waals surface area contributed by atoms with Crippen molar-refractivity contribution in [1.82, 2.24) is 20.1 Å². The molecule has 4 aromatic rings. The minimum atomic E-state index is -4.75. The first kappa shape index (κ1) is 33.5. The van der Waals surface area contributed by atoms with Crippen LogP contribution in [0.25, 0.3) is 17.1 Å². The van der Waals surface area contributed by atoms with Crippen molar-refractivity contribution in [2.75, 3.05) is 17.2 Å².